The Balaban J connectivity index is 1.35. The highest BCUT2D eigenvalue weighted by atomic mass is 19.1. The summed E-state index contributed by atoms with van der Waals surface area (Å²) in [5, 5.41) is 0. The van der Waals surface area contributed by atoms with Gasteiger partial charge < -0.3 is 14.0 Å². The smallest absolute Gasteiger partial charge is 0.318 e. The molecule has 7 rings (SSSR count). The maximum absolute atomic E-state index is 15.3. The molecule has 3 fully saturated rings. The summed E-state index contributed by atoms with van der Waals surface area (Å²) in [6.07, 6.45) is 7.22. The van der Waals surface area contributed by atoms with Crippen LogP contribution in [-0.4, -0.2) is 67.2 Å². The van der Waals surface area contributed by atoms with E-state index < -0.39 is 0 Å². The van der Waals surface area contributed by atoms with E-state index >= 15 is 4.39 Å². The number of benzene rings is 1. The molecule has 6 heterocycles. The lowest BCUT2D eigenvalue weighted by atomic mass is 9.86. The van der Waals surface area contributed by atoms with Crippen LogP contribution in [0.2, 0.25) is 0 Å². The van der Waals surface area contributed by atoms with Crippen LogP contribution in [0.3, 0.4) is 0 Å². The second-order valence-electron chi connectivity index (χ2n) is 9.16. The van der Waals surface area contributed by atoms with E-state index in [0.717, 1.165) is 32.5 Å². The monoisotopic (exact) mass is 475 g/mol. The van der Waals surface area contributed by atoms with Crippen molar-refractivity contribution in [1.29, 1.82) is 0 Å². The molecule has 4 aromatic rings. The van der Waals surface area contributed by atoms with Crippen molar-refractivity contribution < 1.29 is 13.9 Å². The average molecular weight is 476 g/mol. The third-order valence-electron chi connectivity index (χ3n) is 6.99. The largest absolute Gasteiger partial charge is 0.489 e. The second-order valence-corrected chi connectivity index (χ2v) is 9.16. The van der Waals surface area contributed by atoms with Gasteiger partial charge in [0.1, 0.15) is 35.3 Å². The summed E-state index contributed by atoms with van der Waals surface area (Å²) in [7, 11) is 1.51. The molecular formula is C25H26FN7O2. The topological polar surface area (TPSA) is 91.1 Å². The van der Waals surface area contributed by atoms with Crippen LogP contribution in [0.5, 0.6) is 11.8 Å². The second kappa shape index (κ2) is 8.84. The first-order chi connectivity index (χ1) is 17.1. The summed E-state index contributed by atoms with van der Waals surface area (Å²) in [5.41, 5.74) is 3.04. The molecule has 0 radical (unpaired) electrons. The van der Waals surface area contributed by atoms with Gasteiger partial charge in [0, 0.05) is 30.6 Å². The summed E-state index contributed by atoms with van der Waals surface area (Å²) in [4.78, 5) is 24.3. The molecule has 180 valence electrons. The van der Waals surface area contributed by atoms with Gasteiger partial charge in [-0.15, -0.1) is 0 Å². The summed E-state index contributed by atoms with van der Waals surface area (Å²) < 4.78 is 28.7. The molecule has 3 saturated heterocycles. The Bertz CT molecular complexity index is 1370. The van der Waals surface area contributed by atoms with Crippen LogP contribution in [-0.2, 0) is 6.54 Å². The van der Waals surface area contributed by atoms with Crippen molar-refractivity contribution in [2.45, 2.75) is 32.4 Å². The van der Waals surface area contributed by atoms with Crippen molar-refractivity contribution in [2.75, 3.05) is 26.7 Å². The van der Waals surface area contributed by atoms with Gasteiger partial charge in [-0.2, -0.15) is 9.97 Å². The van der Waals surface area contributed by atoms with Crippen LogP contribution < -0.4 is 9.47 Å². The van der Waals surface area contributed by atoms with Gasteiger partial charge in [-0.05, 0) is 44.8 Å². The Hall–Kier alpha value is -3.66. The lowest BCUT2D eigenvalue weighted by Gasteiger charge is -2.44. The Morgan fingerprint density at radius 3 is 2.57 bits per heavy atom. The summed E-state index contributed by atoms with van der Waals surface area (Å²) in [5.74, 6) is 1.36. The maximum atomic E-state index is 15.3. The van der Waals surface area contributed by atoms with Crippen molar-refractivity contribution >= 4 is 11.2 Å². The molecule has 2 bridgehead atoms. The molecule has 0 saturated carbocycles. The molecule has 0 spiro atoms. The standard InChI is InChI=1S/C25H26FN7O2/c1-15-22-24(31-25(29-15)34-2)33(23(30-22)18-10-27-14-28-11-18)12-17-3-4-19(9-20(17)26)35-21-13-32-7-5-16(21)6-8-32/h3-4,9-11,14,16,21H,5-8,12-13H2,1-2H3/t21-/m1/s1. The quantitative estimate of drug-likeness (QED) is 0.420. The average Bonchev–Trinajstić information content (AvgIpc) is 3.25. The summed E-state index contributed by atoms with van der Waals surface area (Å²) in [6, 6.07) is 5.34. The third-order valence-corrected chi connectivity index (χ3v) is 6.99. The van der Waals surface area contributed by atoms with Gasteiger partial charge in [-0.3, -0.25) is 4.90 Å². The number of fused-ring (bicyclic) bond motifs is 4. The molecule has 3 aliphatic rings. The molecule has 3 aromatic heterocycles. The van der Waals surface area contributed by atoms with E-state index in [1.807, 2.05) is 17.6 Å². The van der Waals surface area contributed by atoms with Crippen molar-refractivity contribution in [3.05, 3.63) is 54.0 Å². The highest BCUT2D eigenvalue weighted by molar-refractivity contribution is 5.79. The van der Waals surface area contributed by atoms with Crippen LogP contribution in [0.4, 0.5) is 4.39 Å². The number of hydrogen-bond acceptors (Lipinski definition) is 8. The number of methoxy groups -OCH3 is 1. The Morgan fingerprint density at radius 2 is 1.89 bits per heavy atom. The van der Waals surface area contributed by atoms with Gasteiger partial charge in [-0.1, -0.05) is 6.07 Å². The lowest BCUT2D eigenvalue weighted by Crippen LogP contribution is -2.52. The van der Waals surface area contributed by atoms with Crippen molar-refractivity contribution in [3.8, 4) is 23.1 Å². The zero-order chi connectivity index (χ0) is 23.9. The summed E-state index contributed by atoms with van der Waals surface area (Å²) in [6.45, 7) is 5.25. The van der Waals surface area contributed by atoms with Gasteiger partial charge in [0.15, 0.2) is 5.65 Å². The Labute approximate surface area is 202 Å². The first-order valence-corrected chi connectivity index (χ1v) is 11.8. The molecular weight excluding hydrogens is 449 g/mol. The fraction of sp³-hybridized carbons (Fsp3) is 0.400. The van der Waals surface area contributed by atoms with Crippen molar-refractivity contribution in [1.82, 2.24) is 34.4 Å². The van der Waals surface area contributed by atoms with Gasteiger partial charge >= 0.3 is 6.01 Å². The number of rotatable bonds is 6. The maximum Gasteiger partial charge on any atom is 0.318 e. The van der Waals surface area contributed by atoms with E-state index in [2.05, 4.69) is 24.8 Å². The molecule has 1 atom stereocenters. The van der Waals surface area contributed by atoms with E-state index in [-0.39, 0.29) is 24.5 Å². The van der Waals surface area contributed by atoms with Crippen LogP contribution in [0.25, 0.3) is 22.6 Å². The lowest BCUT2D eigenvalue weighted by molar-refractivity contribution is -0.00789. The molecule has 35 heavy (non-hydrogen) atoms. The molecule has 9 nitrogen and oxygen atoms in total. The number of halogens is 1. The first kappa shape index (κ1) is 21.8. The molecule has 0 aliphatic carbocycles. The number of piperidine rings is 3. The van der Waals surface area contributed by atoms with Crippen molar-refractivity contribution in [3.63, 3.8) is 0 Å². The summed E-state index contributed by atoms with van der Waals surface area (Å²) >= 11 is 0. The predicted octanol–water partition coefficient (Wildman–Crippen LogP) is 3.26. The normalized spacial score (nSPS) is 21.4. The number of hydrogen-bond donors (Lipinski definition) is 0. The minimum Gasteiger partial charge on any atom is -0.489 e. The van der Waals surface area contributed by atoms with E-state index in [1.165, 1.54) is 19.5 Å². The number of nitrogens with zero attached hydrogens (tertiary/aromatic N) is 7. The molecule has 0 amide bonds. The van der Waals surface area contributed by atoms with E-state index in [1.54, 1.807) is 18.5 Å². The number of imidazole rings is 1. The predicted molar refractivity (Wildman–Crippen MR) is 127 cm³/mol. The minimum absolute atomic E-state index is 0.122. The van der Waals surface area contributed by atoms with Gasteiger partial charge in [0.25, 0.3) is 0 Å². The molecule has 3 aliphatic heterocycles. The first-order valence-electron chi connectivity index (χ1n) is 11.8. The van der Waals surface area contributed by atoms with E-state index in [0.29, 0.717) is 45.5 Å². The van der Waals surface area contributed by atoms with E-state index in [4.69, 9.17) is 14.5 Å². The van der Waals surface area contributed by atoms with Gasteiger partial charge in [-0.25, -0.2) is 19.3 Å². The molecule has 0 N–H and O–H groups in total. The highest BCUT2D eigenvalue weighted by Crippen LogP contribution is 2.32. The zero-order valence-electron chi connectivity index (χ0n) is 19.7. The highest BCUT2D eigenvalue weighted by Gasteiger charge is 2.35. The van der Waals surface area contributed by atoms with Crippen molar-refractivity contribution in [2.24, 2.45) is 5.92 Å². The van der Waals surface area contributed by atoms with Crippen LogP contribution >= 0.6 is 0 Å². The van der Waals surface area contributed by atoms with Crippen LogP contribution in [0, 0.1) is 18.7 Å². The number of aromatic nitrogens is 6. The Morgan fingerprint density at radius 1 is 1.09 bits per heavy atom. The van der Waals surface area contributed by atoms with Crippen LogP contribution in [0.15, 0.2) is 36.9 Å². The zero-order valence-corrected chi connectivity index (χ0v) is 19.7. The van der Waals surface area contributed by atoms with E-state index in [9.17, 15) is 0 Å². The Kier molecular flexibility index (Phi) is 5.52. The third kappa shape index (κ3) is 4.07. The van der Waals surface area contributed by atoms with Crippen LogP contribution in [0.1, 0.15) is 24.1 Å². The molecule has 1 aromatic carbocycles. The fourth-order valence-corrected chi connectivity index (χ4v) is 5.11. The minimum atomic E-state index is -0.335. The number of aryl methyl sites for hydroxylation is 1. The van der Waals surface area contributed by atoms with Gasteiger partial charge in [0.2, 0.25) is 0 Å². The SMILES string of the molecule is COc1nc(C)c2nc(-c3cncnc3)n(Cc3ccc(O[C@@H]4CN5CCC4CC5)cc3F)c2n1. The van der Waals surface area contributed by atoms with Gasteiger partial charge in [0.05, 0.1) is 24.9 Å². The fourth-order valence-electron chi connectivity index (χ4n) is 5.11. The number of ether oxygens (including phenoxy) is 2. The molecule has 0 unspecified atom stereocenters. The molecule has 10 heteroatoms.